The Bertz CT molecular complexity index is 3910. The number of nitrogens with one attached hydrogen (secondary N) is 1. The van der Waals surface area contributed by atoms with Gasteiger partial charge < -0.3 is 45.7 Å². The van der Waals surface area contributed by atoms with E-state index in [0.717, 1.165) is 57.9 Å². The fourth-order valence-corrected chi connectivity index (χ4v) is 12.8. The topological polar surface area (TPSA) is 273 Å². The highest BCUT2D eigenvalue weighted by Crippen LogP contribution is 2.49. The Morgan fingerprint density at radius 1 is 0.814 bits per heavy atom. The minimum Gasteiger partial charge on any atom is -0.493 e. The maximum absolute atomic E-state index is 13.9. The summed E-state index contributed by atoms with van der Waals surface area (Å²) in [6, 6.07) is 29.1. The van der Waals surface area contributed by atoms with Gasteiger partial charge in [0.15, 0.2) is 17.2 Å². The Kier molecular flexibility index (Phi) is 18.7. The van der Waals surface area contributed by atoms with Gasteiger partial charge in [-0.3, -0.25) is 18.7 Å². The molecule has 3 aliphatic rings. The van der Waals surface area contributed by atoms with E-state index < -0.39 is 43.1 Å². The molecule has 0 spiro atoms. The zero-order valence-corrected chi connectivity index (χ0v) is 51.2. The first kappa shape index (κ1) is 62.4. The van der Waals surface area contributed by atoms with Crippen molar-refractivity contribution in [2.75, 3.05) is 75.6 Å². The van der Waals surface area contributed by atoms with Crippen LogP contribution in [0, 0.1) is 0 Å². The number of piperazine rings is 1. The summed E-state index contributed by atoms with van der Waals surface area (Å²) in [4.78, 5) is 42.4. The summed E-state index contributed by atoms with van der Waals surface area (Å²) in [5, 5.41) is 3.59. The summed E-state index contributed by atoms with van der Waals surface area (Å²) in [5.74, 6) is 2.03. The van der Waals surface area contributed by atoms with E-state index in [2.05, 4.69) is 14.8 Å². The van der Waals surface area contributed by atoms with Crippen molar-refractivity contribution in [2.24, 2.45) is 5.73 Å². The molecule has 6 aromatic rings. The maximum Gasteiger partial charge on any atom is 0.294 e. The van der Waals surface area contributed by atoms with Gasteiger partial charge in [-0.1, -0.05) is 74.5 Å². The van der Waals surface area contributed by atoms with Gasteiger partial charge in [0.2, 0.25) is 23.5 Å². The monoisotopic (exact) mass is 1210 g/mol. The molecule has 5 aromatic carbocycles. The third kappa shape index (κ3) is 13.4. The molecule has 86 heavy (non-hydrogen) atoms. The number of nitrogens with two attached hydrogens (primary N) is 2. The van der Waals surface area contributed by atoms with Crippen LogP contribution in [0.25, 0.3) is 10.9 Å². The number of carbonyl (C=O) groups is 2. The Morgan fingerprint density at radius 2 is 1.52 bits per heavy atom. The Morgan fingerprint density at radius 3 is 2.23 bits per heavy atom. The van der Waals surface area contributed by atoms with E-state index in [9.17, 15) is 35.5 Å². The summed E-state index contributed by atoms with van der Waals surface area (Å²) in [5.41, 5.74) is 19.3. The number of benzene rings is 5. The third-order valence-corrected chi connectivity index (χ3v) is 18.1. The van der Waals surface area contributed by atoms with Gasteiger partial charge in [-0.15, -0.1) is 0 Å². The zero-order chi connectivity index (χ0) is 61.7. The number of hydrogen-bond donors (Lipinski definition) is 5. The van der Waals surface area contributed by atoms with Crippen molar-refractivity contribution in [2.45, 2.75) is 99.4 Å². The number of amides is 2. The second-order valence-corrected chi connectivity index (χ2v) is 25.5. The first-order valence-corrected chi connectivity index (χ1v) is 31.6. The number of ether oxygens (including phenoxy) is 3. The van der Waals surface area contributed by atoms with Crippen LogP contribution in [-0.2, 0) is 40.7 Å². The predicted octanol–water partition coefficient (Wildman–Crippen LogP) is 9.15. The minimum atomic E-state index is -4.47. The number of likely N-dealkylation sites (N-methyl/N-ethyl adjacent to an activating group) is 1. The molecular formula is C64H76N9O11S2+. The van der Waals surface area contributed by atoms with E-state index in [4.69, 9.17) is 35.6 Å². The minimum absolute atomic E-state index is 0.0761. The molecule has 4 heterocycles. The lowest BCUT2D eigenvalue weighted by Crippen LogP contribution is -2.51. The molecule has 0 radical (unpaired) electrons. The number of methoxy groups -OCH3 is 2. The highest BCUT2D eigenvalue weighted by molar-refractivity contribution is 7.86. The van der Waals surface area contributed by atoms with E-state index in [0.29, 0.717) is 79.7 Å². The van der Waals surface area contributed by atoms with Crippen LogP contribution in [-0.4, -0.2) is 123 Å². The van der Waals surface area contributed by atoms with Crippen molar-refractivity contribution >= 4 is 71.8 Å². The van der Waals surface area contributed by atoms with Gasteiger partial charge in [-0.05, 0) is 105 Å². The molecule has 0 bridgehead atoms. The zero-order valence-electron chi connectivity index (χ0n) is 49.6. The Labute approximate surface area is 503 Å². The average Bonchev–Trinajstić information content (AvgIpc) is 1.65. The van der Waals surface area contributed by atoms with Crippen molar-refractivity contribution in [1.29, 1.82) is 0 Å². The summed E-state index contributed by atoms with van der Waals surface area (Å²) in [7, 11) is -5.75. The Balaban J connectivity index is 0.825. The predicted molar refractivity (Wildman–Crippen MR) is 333 cm³/mol. The summed E-state index contributed by atoms with van der Waals surface area (Å²) in [6.45, 7) is 12.9. The molecule has 1 fully saturated rings. The first-order chi connectivity index (χ1) is 40.9. The summed E-state index contributed by atoms with van der Waals surface area (Å²) >= 11 is 0. The number of carbonyl (C=O) groups excluding carboxylic acids is 2. The third-order valence-electron chi connectivity index (χ3n) is 16.4. The van der Waals surface area contributed by atoms with E-state index in [1.54, 1.807) is 38.5 Å². The molecule has 22 heteroatoms. The van der Waals surface area contributed by atoms with E-state index in [1.807, 2.05) is 129 Å². The highest BCUT2D eigenvalue weighted by Gasteiger charge is 2.45. The van der Waals surface area contributed by atoms with Crippen LogP contribution in [0.4, 0.5) is 23.1 Å². The largest absolute Gasteiger partial charge is 0.493 e. The lowest BCUT2D eigenvalue weighted by molar-refractivity contribution is -0.438. The second-order valence-electron chi connectivity index (χ2n) is 22.6. The fraction of sp³-hybridized carbons (Fsp3) is 0.359. The van der Waals surface area contributed by atoms with E-state index in [-0.39, 0.29) is 47.0 Å². The van der Waals surface area contributed by atoms with Gasteiger partial charge in [-0.25, -0.2) is 4.98 Å². The smallest absolute Gasteiger partial charge is 0.294 e. The molecule has 3 aliphatic heterocycles. The van der Waals surface area contributed by atoms with Crippen LogP contribution in [0.5, 0.6) is 17.2 Å². The van der Waals surface area contributed by atoms with Gasteiger partial charge in [0, 0.05) is 97.4 Å². The van der Waals surface area contributed by atoms with E-state index in [1.165, 1.54) is 24.3 Å². The normalized spacial score (nSPS) is 17.4. The lowest BCUT2D eigenvalue weighted by atomic mass is 9.81. The summed E-state index contributed by atoms with van der Waals surface area (Å²) < 4.78 is 87.8. The van der Waals surface area contributed by atoms with Crippen molar-refractivity contribution < 1.29 is 54.3 Å². The molecule has 7 N–H and O–H groups in total. The van der Waals surface area contributed by atoms with Crippen LogP contribution < -0.4 is 40.8 Å². The molecule has 1 saturated heterocycles. The van der Waals surface area contributed by atoms with Crippen molar-refractivity contribution in [1.82, 2.24) is 20.2 Å². The molecule has 0 saturated carbocycles. The van der Waals surface area contributed by atoms with Crippen LogP contribution in [0.1, 0.15) is 101 Å². The van der Waals surface area contributed by atoms with Crippen LogP contribution >= 0.6 is 0 Å². The first-order valence-electron chi connectivity index (χ1n) is 28.7. The highest BCUT2D eigenvalue weighted by atomic mass is 32.2. The summed E-state index contributed by atoms with van der Waals surface area (Å²) in [6.07, 6.45) is 12.3. The number of nitrogen functional groups attached to an aromatic ring is 1. The second kappa shape index (κ2) is 25.8. The van der Waals surface area contributed by atoms with Crippen LogP contribution in [0.3, 0.4) is 0 Å². The van der Waals surface area contributed by atoms with Gasteiger partial charge in [0.05, 0.1) is 47.5 Å². The molecule has 454 valence electrons. The number of unbranched alkanes of at least 4 members (excludes halogenated alkanes) is 2. The molecule has 2 unspecified atom stereocenters. The van der Waals surface area contributed by atoms with Gasteiger partial charge in [0.1, 0.15) is 24.7 Å². The molecule has 2 amide bonds. The molecule has 9 rings (SSSR count). The SMILES string of the molecule is CCN1C(=CC=CC=CC2=[N+](CCCCCC(=O)NCCOc3cccc(C4CN(C(=O)CC(N)c5ccccc5)CCN4c4nc(N)c5cc(OC)c(OC)cc5n4)c3)c3ccc(S(=O)(=O)O)cc3C2(C)C)C(C)(C)c2cc(S(=O)(=O)O)ccc21. The van der Waals surface area contributed by atoms with Gasteiger partial charge >= 0.3 is 0 Å². The molecular weight excluding hydrogens is 1130 g/mol. The number of aromatic nitrogens is 2. The standard InChI is InChI=1S/C64H75N9O11S2/c1-8-71-52-28-26-45(85(76,77)78)36-48(52)63(2,3)57(71)23-14-10-15-24-58-64(4,5)49-37-46(86(79,80)81)27-29-53(49)72(58)31-17-11-16-25-59(74)67-30-34-84-44-22-18-21-43(35-44)54-41-70(60(75)39-50(65)42-19-12-9-13-20-42)32-33-73(54)62-68-51-40-56(83-7)55(82-6)38-47(51)61(66)69-62/h9-10,12-15,18-24,26-29,35-38,40,50,54H,8,11,16-17,25,30-34,39,41,65H2,1-7H3,(H4-,66,67,68,69,74,76,77,78,79,80,81)/p+1. The molecule has 1 aromatic heterocycles. The van der Waals surface area contributed by atoms with Gasteiger partial charge in [-0.2, -0.15) is 26.4 Å². The number of allylic oxidation sites excluding steroid dienone is 6. The van der Waals surface area contributed by atoms with Crippen molar-refractivity contribution in [3.63, 3.8) is 0 Å². The average molecular weight is 1210 g/mol. The quantitative estimate of drug-likeness (QED) is 0.0173. The van der Waals surface area contributed by atoms with Crippen LogP contribution in [0.15, 0.2) is 149 Å². The number of rotatable bonds is 23. The molecule has 20 nitrogen and oxygen atoms in total. The Hall–Kier alpha value is -8.15. The number of anilines is 3. The lowest BCUT2D eigenvalue weighted by Gasteiger charge is -2.42. The van der Waals surface area contributed by atoms with Gasteiger partial charge in [0.25, 0.3) is 20.2 Å². The fourth-order valence-electron chi connectivity index (χ4n) is 11.8. The molecule has 2 atom stereocenters. The number of fused-ring (bicyclic) bond motifs is 3. The number of nitrogens with zero attached hydrogens (tertiary/aromatic N) is 6. The van der Waals surface area contributed by atoms with Crippen molar-refractivity contribution in [3.05, 3.63) is 161 Å². The van der Waals surface area contributed by atoms with Crippen molar-refractivity contribution in [3.8, 4) is 17.2 Å². The van der Waals surface area contributed by atoms with E-state index >= 15 is 0 Å². The van der Waals surface area contributed by atoms with Crippen LogP contribution in [0.2, 0.25) is 0 Å². The maximum atomic E-state index is 13.9. The molecule has 0 aliphatic carbocycles. The number of hydrogen-bond acceptors (Lipinski definition) is 15.